The second-order valence-corrected chi connectivity index (χ2v) is 14.8. The van der Waals surface area contributed by atoms with Crippen LogP contribution in [-0.4, -0.2) is 10.4 Å². The molecule has 4 heteroatoms. The number of para-hydroxylation sites is 4. The van der Waals surface area contributed by atoms with Crippen molar-refractivity contribution in [2.75, 3.05) is 4.90 Å². The summed E-state index contributed by atoms with van der Waals surface area (Å²) in [5.41, 5.74) is 17.0. The second kappa shape index (κ2) is 14.1. The van der Waals surface area contributed by atoms with Gasteiger partial charge < -0.3 is 14.8 Å². The molecule has 1 aromatic heterocycles. The van der Waals surface area contributed by atoms with Gasteiger partial charge in [-0.05, 0) is 71.3 Å². The van der Waals surface area contributed by atoms with Gasteiger partial charge in [-0.1, -0.05) is 164 Å². The Bertz CT molecular complexity index is 3000. The maximum Gasteiger partial charge on any atom is 0.134 e. The molecule has 2 aliphatic rings. The van der Waals surface area contributed by atoms with Gasteiger partial charge in [0.1, 0.15) is 5.84 Å². The zero-order chi connectivity index (χ0) is 38.4. The monoisotopic (exact) mass is 742 g/mol. The Balaban J connectivity index is 1.15. The lowest BCUT2D eigenvalue weighted by Gasteiger charge is -2.28. The highest BCUT2D eigenvalue weighted by Gasteiger charge is 2.32. The first kappa shape index (κ1) is 33.6. The number of fused-ring (bicyclic) bond motifs is 7. The molecule has 1 atom stereocenters. The summed E-state index contributed by atoms with van der Waals surface area (Å²) in [6.45, 7) is 0. The van der Waals surface area contributed by atoms with Crippen molar-refractivity contribution in [3.05, 3.63) is 235 Å². The van der Waals surface area contributed by atoms with E-state index in [0.29, 0.717) is 0 Å². The van der Waals surface area contributed by atoms with Crippen LogP contribution in [0, 0.1) is 0 Å². The van der Waals surface area contributed by atoms with Gasteiger partial charge in [0.25, 0.3) is 0 Å². The lowest BCUT2D eigenvalue weighted by atomic mass is 9.94. The summed E-state index contributed by atoms with van der Waals surface area (Å²) in [5.74, 6) is 0.852. The standard InChI is InChI=1S/C54H38N4/c1-5-17-37(18-6-1)38-29-31-39(32-30-38)47-36-48(56-54(55-47)40-19-7-2-8-20-40)41-33-34-51-46(35-41)52-44-25-13-15-27-49(44)58(43-23-11-4-12-24-43)53(52)45-26-14-16-28-50(45)57(51)42-21-9-3-10-22-42/h1-36,47H,(H,55,56). The fraction of sp³-hybridized carbons (Fsp3) is 0.0185. The first-order chi connectivity index (χ1) is 28.8. The first-order valence-electron chi connectivity index (χ1n) is 19.8. The Morgan fingerprint density at radius 1 is 0.448 bits per heavy atom. The van der Waals surface area contributed by atoms with E-state index in [1.165, 1.54) is 44.4 Å². The molecular weight excluding hydrogens is 705 g/mol. The maximum absolute atomic E-state index is 5.37. The predicted molar refractivity (Wildman–Crippen MR) is 241 cm³/mol. The van der Waals surface area contributed by atoms with E-state index in [-0.39, 0.29) is 6.04 Å². The lowest BCUT2D eigenvalue weighted by Crippen LogP contribution is -2.31. The summed E-state index contributed by atoms with van der Waals surface area (Å²) < 4.78 is 2.44. The molecule has 58 heavy (non-hydrogen) atoms. The van der Waals surface area contributed by atoms with Crippen LogP contribution in [0.3, 0.4) is 0 Å². The van der Waals surface area contributed by atoms with Gasteiger partial charge in [-0.25, -0.2) is 4.99 Å². The quantitative estimate of drug-likeness (QED) is 0.184. The van der Waals surface area contributed by atoms with E-state index >= 15 is 0 Å². The van der Waals surface area contributed by atoms with E-state index in [9.17, 15) is 0 Å². The molecule has 0 amide bonds. The van der Waals surface area contributed by atoms with Crippen LogP contribution in [-0.2, 0) is 0 Å². The molecule has 0 bridgehead atoms. The van der Waals surface area contributed by atoms with Gasteiger partial charge in [-0.3, -0.25) is 0 Å². The molecule has 4 nitrogen and oxygen atoms in total. The minimum atomic E-state index is -0.0908. The van der Waals surface area contributed by atoms with Crippen molar-refractivity contribution in [1.29, 1.82) is 0 Å². The van der Waals surface area contributed by atoms with Crippen LogP contribution >= 0.6 is 0 Å². The number of amidine groups is 1. The van der Waals surface area contributed by atoms with Crippen LogP contribution in [0.25, 0.3) is 55.8 Å². The van der Waals surface area contributed by atoms with Gasteiger partial charge in [0, 0.05) is 44.6 Å². The Morgan fingerprint density at radius 3 is 1.76 bits per heavy atom. The predicted octanol–water partition coefficient (Wildman–Crippen LogP) is 13.5. The normalized spacial score (nSPS) is 14.3. The average molecular weight is 743 g/mol. The van der Waals surface area contributed by atoms with Gasteiger partial charge in [-0.15, -0.1) is 0 Å². The van der Waals surface area contributed by atoms with Crippen molar-refractivity contribution >= 4 is 39.5 Å². The van der Waals surface area contributed by atoms with E-state index in [2.05, 4.69) is 233 Å². The zero-order valence-corrected chi connectivity index (χ0v) is 31.7. The second-order valence-electron chi connectivity index (χ2n) is 14.8. The number of nitrogens with one attached hydrogen (secondary N) is 1. The summed E-state index contributed by atoms with van der Waals surface area (Å²) in [6.07, 6.45) is 2.28. The highest BCUT2D eigenvalue weighted by Crippen LogP contribution is 2.55. The minimum Gasteiger partial charge on any atom is -0.359 e. The Hall–Kier alpha value is -7.69. The average Bonchev–Trinajstić information content (AvgIpc) is 3.59. The SMILES string of the molecule is C1=C(c2ccc3c(c2)-c2c(n(-c4ccccc4)c4ccccc24)-c2ccccc2N3c2ccccc2)N=C(c2ccccc2)NC1c1ccc(-c2ccccc2)cc1. The molecule has 1 unspecified atom stereocenters. The van der Waals surface area contributed by atoms with Crippen LogP contribution < -0.4 is 10.2 Å². The number of aliphatic imine (C=N–C) groups is 1. The molecule has 11 rings (SSSR count). The third kappa shape index (κ3) is 5.74. The van der Waals surface area contributed by atoms with Crippen molar-refractivity contribution in [3.63, 3.8) is 0 Å². The molecule has 2 aliphatic heterocycles. The zero-order valence-electron chi connectivity index (χ0n) is 31.7. The highest BCUT2D eigenvalue weighted by molar-refractivity contribution is 6.13. The molecule has 0 saturated heterocycles. The lowest BCUT2D eigenvalue weighted by molar-refractivity contribution is 0.781. The smallest absolute Gasteiger partial charge is 0.134 e. The summed E-state index contributed by atoms with van der Waals surface area (Å²) >= 11 is 0. The largest absolute Gasteiger partial charge is 0.359 e. The molecule has 8 aromatic carbocycles. The summed E-state index contributed by atoms with van der Waals surface area (Å²) in [7, 11) is 0. The molecule has 0 saturated carbocycles. The van der Waals surface area contributed by atoms with Crippen LogP contribution in [0.2, 0.25) is 0 Å². The summed E-state index contributed by atoms with van der Waals surface area (Å²) in [5, 5.41) is 4.98. The number of hydrogen-bond acceptors (Lipinski definition) is 3. The Labute approximate surface area is 338 Å². The fourth-order valence-corrected chi connectivity index (χ4v) is 8.69. The molecule has 0 fully saturated rings. The van der Waals surface area contributed by atoms with Gasteiger partial charge in [0.15, 0.2) is 0 Å². The molecule has 3 heterocycles. The third-order valence-electron chi connectivity index (χ3n) is 11.4. The number of aromatic nitrogens is 1. The highest BCUT2D eigenvalue weighted by atomic mass is 15.2. The molecule has 0 radical (unpaired) electrons. The number of rotatable bonds is 6. The van der Waals surface area contributed by atoms with Gasteiger partial charge >= 0.3 is 0 Å². The fourth-order valence-electron chi connectivity index (χ4n) is 8.69. The summed E-state index contributed by atoms with van der Waals surface area (Å²) in [4.78, 5) is 7.79. The Morgan fingerprint density at radius 2 is 1.02 bits per heavy atom. The first-order valence-corrected chi connectivity index (χ1v) is 19.8. The minimum absolute atomic E-state index is 0.0908. The van der Waals surface area contributed by atoms with E-state index in [1.807, 2.05) is 0 Å². The van der Waals surface area contributed by atoms with E-state index in [4.69, 9.17) is 4.99 Å². The molecule has 274 valence electrons. The van der Waals surface area contributed by atoms with Crippen molar-refractivity contribution in [2.24, 2.45) is 4.99 Å². The molecule has 1 N–H and O–H groups in total. The van der Waals surface area contributed by atoms with Crippen LogP contribution in [0.1, 0.15) is 22.7 Å². The molecule has 9 aromatic rings. The number of anilines is 3. The van der Waals surface area contributed by atoms with Gasteiger partial charge in [0.05, 0.1) is 34.3 Å². The van der Waals surface area contributed by atoms with Crippen LogP contribution in [0.15, 0.2) is 223 Å². The van der Waals surface area contributed by atoms with E-state index in [1.54, 1.807) is 0 Å². The molecule has 0 spiro atoms. The van der Waals surface area contributed by atoms with E-state index < -0.39 is 0 Å². The molecule has 0 aliphatic carbocycles. The van der Waals surface area contributed by atoms with Crippen molar-refractivity contribution in [2.45, 2.75) is 6.04 Å². The Kier molecular flexibility index (Phi) is 8.18. The third-order valence-corrected chi connectivity index (χ3v) is 11.4. The van der Waals surface area contributed by atoms with Crippen molar-refractivity contribution in [3.8, 4) is 39.2 Å². The summed E-state index contributed by atoms with van der Waals surface area (Å²) in [6, 6.07) is 75.9. The van der Waals surface area contributed by atoms with Crippen molar-refractivity contribution < 1.29 is 0 Å². The maximum atomic E-state index is 5.37. The topological polar surface area (TPSA) is 32.6 Å². The van der Waals surface area contributed by atoms with Crippen molar-refractivity contribution in [1.82, 2.24) is 9.88 Å². The number of nitrogens with zero attached hydrogens (tertiary/aromatic N) is 3. The number of hydrogen-bond donors (Lipinski definition) is 1. The van der Waals surface area contributed by atoms with Gasteiger partial charge in [0.2, 0.25) is 0 Å². The van der Waals surface area contributed by atoms with E-state index in [0.717, 1.165) is 51.0 Å². The van der Waals surface area contributed by atoms with Crippen LogP contribution in [0.5, 0.6) is 0 Å². The van der Waals surface area contributed by atoms with Gasteiger partial charge in [-0.2, -0.15) is 0 Å². The van der Waals surface area contributed by atoms with Crippen LogP contribution in [0.4, 0.5) is 17.1 Å². The molecular formula is C54H38N4. The number of benzene rings is 8.